The van der Waals surface area contributed by atoms with Crippen molar-refractivity contribution in [3.8, 4) is 0 Å². The molecule has 1 aliphatic rings. The molecule has 11 nitrogen and oxygen atoms in total. The van der Waals surface area contributed by atoms with Crippen molar-refractivity contribution >= 4 is 27.5 Å². The van der Waals surface area contributed by atoms with E-state index in [1.165, 1.54) is 15.0 Å². The van der Waals surface area contributed by atoms with E-state index in [-0.39, 0.29) is 30.2 Å². The van der Waals surface area contributed by atoms with E-state index >= 15 is 0 Å². The summed E-state index contributed by atoms with van der Waals surface area (Å²) in [6.07, 6.45) is 1.97. The van der Waals surface area contributed by atoms with Gasteiger partial charge in [0.2, 0.25) is 15.9 Å². The van der Waals surface area contributed by atoms with E-state index in [1.807, 2.05) is 6.92 Å². The molecule has 0 aliphatic carbocycles. The lowest BCUT2D eigenvalue weighted by atomic mass is 10.1. The fraction of sp³-hybridized carbons (Fsp3) is 0.556. The van der Waals surface area contributed by atoms with Crippen LogP contribution in [-0.2, 0) is 26.0 Å². The predicted molar refractivity (Wildman–Crippen MR) is 108 cm³/mol. The molecule has 1 saturated heterocycles. The molecule has 3 heterocycles. The van der Waals surface area contributed by atoms with Gasteiger partial charge in [0.1, 0.15) is 5.56 Å². The van der Waals surface area contributed by atoms with E-state index in [0.717, 1.165) is 11.3 Å². The van der Waals surface area contributed by atoms with Crippen LogP contribution in [0.1, 0.15) is 33.7 Å². The van der Waals surface area contributed by atoms with Gasteiger partial charge in [0.05, 0.1) is 25.2 Å². The van der Waals surface area contributed by atoms with Crippen molar-refractivity contribution < 1.29 is 22.7 Å². The van der Waals surface area contributed by atoms with Crippen LogP contribution in [0.15, 0.2) is 6.20 Å². The molecule has 12 heteroatoms. The Morgan fingerprint density at radius 1 is 1.27 bits per heavy atom. The molecular weight excluding hydrogens is 412 g/mol. The first-order valence-electron chi connectivity index (χ1n) is 9.66. The molecule has 1 aliphatic heterocycles. The Morgan fingerprint density at radius 2 is 1.97 bits per heavy atom. The summed E-state index contributed by atoms with van der Waals surface area (Å²) >= 11 is 0. The van der Waals surface area contributed by atoms with Crippen LogP contribution in [0, 0.1) is 13.8 Å². The van der Waals surface area contributed by atoms with Gasteiger partial charge < -0.3 is 15.8 Å². The van der Waals surface area contributed by atoms with Crippen molar-refractivity contribution in [1.82, 2.24) is 24.2 Å². The van der Waals surface area contributed by atoms with Gasteiger partial charge in [0.15, 0.2) is 5.65 Å². The first-order valence-corrected chi connectivity index (χ1v) is 11.3. The molecular formula is C18H26N6O5S. The van der Waals surface area contributed by atoms with Gasteiger partial charge in [0.25, 0.3) is 5.91 Å². The third kappa shape index (κ3) is 4.77. The minimum atomic E-state index is -3.41. The van der Waals surface area contributed by atoms with Gasteiger partial charge in [0, 0.05) is 37.4 Å². The molecule has 2 aromatic rings. The maximum atomic E-state index is 12.3. The Bertz CT molecular complexity index is 1060. The SMILES string of the molecule is Cc1nc2c(C(N)=O)cnn2c(C)c1CCC(=O)NCCS(=O)(=O)N1CCOCC1. The lowest BCUT2D eigenvalue weighted by Crippen LogP contribution is -2.43. The second-order valence-corrected chi connectivity index (χ2v) is 9.18. The van der Waals surface area contributed by atoms with Crippen LogP contribution in [-0.4, -0.2) is 77.7 Å². The molecule has 0 bridgehead atoms. The van der Waals surface area contributed by atoms with Crippen molar-refractivity contribution in [2.75, 3.05) is 38.6 Å². The lowest BCUT2D eigenvalue weighted by Gasteiger charge is -2.26. The summed E-state index contributed by atoms with van der Waals surface area (Å²) < 4.78 is 32.6. The molecule has 0 atom stereocenters. The van der Waals surface area contributed by atoms with Gasteiger partial charge in [-0.1, -0.05) is 0 Å². The zero-order valence-corrected chi connectivity index (χ0v) is 17.9. The Balaban J connectivity index is 1.57. The highest BCUT2D eigenvalue weighted by Crippen LogP contribution is 2.18. The number of ether oxygens (including phenoxy) is 1. The maximum Gasteiger partial charge on any atom is 0.254 e. The molecule has 0 unspecified atom stereocenters. The van der Waals surface area contributed by atoms with Gasteiger partial charge in [-0.2, -0.15) is 9.40 Å². The zero-order valence-electron chi connectivity index (χ0n) is 17.0. The fourth-order valence-corrected chi connectivity index (χ4v) is 4.77. The van der Waals surface area contributed by atoms with E-state index in [9.17, 15) is 18.0 Å². The zero-order chi connectivity index (χ0) is 21.9. The summed E-state index contributed by atoms with van der Waals surface area (Å²) in [6, 6.07) is 0. The molecule has 0 radical (unpaired) electrons. The number of rotatable bonds is 8. The minimum Gasteiger partial charge on any atom is -0.379 e. The molecule has 2 aromatic heterocycles. The van der Waals surface area contributed by atoms with E-state index in [1.54, 1.807) is 6.92 Å². The Kier molecular flexibility index (Phi) is 6.68. The Labute approximate surface area is 174 Å². The molecule has 0 saturated carbocycles. The number of nitrogens with zero attached hydrogens (tertiary/aromatic N) is 4. The highest BCUT2D eigenvalue weighted by Gasteiger charge is 2.24. The minimum absolute atomic E-state index is 0.0505. The normalized spacial score (nSPS) is 15.4. The molecule has 0 spiro atoms. The third-order valence-electron chi connectivity index (χ3n) is 5.12. The number of primary amides is 1. The molecule has 0 aromatic carbocycles. The number of nitrogens with one attached hydrogen (secondary N) is 1. The summed E-state index contributed by atoms with van der Waals surface area (Å²) in [5, 5.41) is 6.83. The molecule has 164 valence electrons. The van der Waals surface area contributed by atoms with Crippen molar-refractivity contribution in [2.24, 2.45) is 5.73 Å². The number of hydrogen-bond donors (Lipinski definition) is 2. The van der Waals surface area contributed by atoms with E-state index < -0.39 is 15.9 Å². The van der Waals surface area contributed by atoms with Gasteiger partial charge in [-0.3, -0.25) is 9.59 Å². The number of aromatic nitrogens is 3. The quantitative estimate of drug-likeness (QED) is 0.545. The number of hydrogen-bond acceptors (Lipinski definition) is 7. The third-order valence-corrected chi connectivity index (χ3v) is 6.99. The number of amides is 2. The first-order chi connectivity index (χ1) is 14.2. The first kappa shape index (κ1) is 22.1. The van der Waals surface area contributed by atoms with Crippen LogP contribution >= 0.6 is 0 Å². The van der Waals surface area contributed by atoms with Gasteiger partial charge >= 0.3 is 0 Å². The standard InChI is InChI=1S/C18H26N6O5S/c1-12-14(13(2)24-18(22-12)15(11-21-24)17(19)26)3-4-16(25)20-5-10-30(27,28)23-6-8-29-9-7-23/h11H,3-10H2,1-2H3,(H2,19,26)(H,20,25). The fourth-order valence-electron chi connectivity index (χ4n) is 3.45. The van der Waals surface area contributed by atoms with Crippen LogP contribution in [0.25, 0.3) is 5.65 Å². The van der Waals surface area contributed by atoms with Crippen LogP contribution in [0.3, 0.4) is 0 Å². The van der Waals surface area contributed by atoms with E-state index in [0.29, 0.717) is 44.1 Å². The summed E-state index contributed by atoms with van der Waals surface area (Å²) in [4.78, 5) is 28.1. The summed E-state index contributed by atoms with van der Waals surface area (Å²) in [6.45, 7) is 5.15. The summed E-state index contributed by atoms with van der Waals surface area (Å²) in [5.41, 5.74) is 8.28. The van der Waals surface area contributed by atoms with Crippen LogP contribution in [0.5, 0.6) is 0 Å². The van der Waals surface area contributed by atoms with Crippen LogP contribution < -0.4 is 11.1 Å². The molecule has 30 heavy (non-hydrogen) atoms. The smallest absolute Gasteiger partial charge is 0.254 e. The van der Waals surface area contributed by atoms with Gasteiger partial charge in [-0.05, 0) is 25.8 Å². The highest BCUT2D eigenvalue weighted by molar-refractivity contribution is 7.89. The monoisotopic (exact) mass is 438 g/mol. The lowest BCUT2D eigenvalue weighted by molar-refractivity contribution is -0.120. The second-order valence-electron chi connectivity index (χ2n) is 7.10. The maximum absolute atomic E-state index is 12.3. The van der Waals surface area contributed by atoms with Crippen molar-refractivity contribution in [1.29, 1.82) is 0 Å². The molecule has 1 fully saturated rings. The molecule has 3 rings (SSSR count). The van der Waals surface area contributed by atoms with Crippen molar-refractivity contribution in [2.45, 2.75) is 26.7 Å². The summed E-state index contributed by atoms with van der Waals surface area (Å²) in [5.74, 6) is -0.993. The number of fused-ring (bicyclic) bond motifs is 1. The second kappa shape index (κ2) is 9.06. The highest BCUT2D eigenvalue weighted by atomic mass is 32.2. The topological polar surface area (TPSA) is 149 Å². The van der Waals surface area contributed by atoms with Crippen LogP contribution in [0.2, 0.25) is 0 Å². The van der Waals surface area contributed by atoms with E-state index in [2.05, 4.69) is 15.4 Å². The van der Waals surface area contributed by atoms with Crippen LogP contribution in [0.4, 0.5) is 0 Å². The number of sulfonamides is 1. The largest absolute Gasteiger partial charge is 0.379 e. The average Bonchev–Trinajstić information content (AvgIpc) is 3.12. The number of morpholine rings is 1. The van der Waals surface area contributed by atoms with Gasteiger partial charge in [-0.25, -0.2) is 17.9 Å². The van der Waals surface area contributed by atoms with Gasteiger partial charge in [-0.15, -0.1) is 0 Å². The predicted octanol–water partition coefficient (Wildman–Crippen LogP) is -0.844. The van der Waals surface area contributed by atoms with Crippen molar-refractivity contribution in [3.05, 3.63) is 28.7 Å². The molecule has 3 N–H and O–H groups in total. The molecule has 2 amide bonds. The van der Waals surface area contributed by atoms with Crippen molar-refractivity contribution in [3.63, 3.8) is 0 Å². The Morgan fingerprint density at radius 3 is 2.63 bits per heavy atom. The number of aryl methyl sites for hydroxylation is 2. The average molecular weight is 439 g/mol. The number of carbonyl (C=O) groups is 2. The number of nitrogens with two attached hydrogens (primary N) is 1. The van der Waals surface area contributed by atoms with E-state index in [4.69, 9.17) is 10.5 Å². The summed E-state index contributed by atoms with van der Waals surface area (Å²) in [7, 11) is -3.41. The number of carbonyl (C=O) groups excluding carboxylic acids is 2. The Hall–Kier alpha value is -2.57.